The Hall–Kier alpha value is -2.43. The molecule has 2 N–H and O–H groups in total. The summed E-state index contributed by atoms with van der Waals surface area (Å²) in [5.74, 6) is -0.447. The van der Waals surface area contributed by atoms with Crippen LogP contribution in [0.25, 0.3) is 0 Å². The van der Waals surface area contributed by atoms with Crippen molar-refractivity contribution in [2.75, 3.05) is 5.32 Å². The number of anilines is 1. The van der Waals surface area contributed by atoms with E-state index in [9.17, 15) is 9.59 Å². The number of H-pyrrole nitrogens is 1. The van der Waals surface area contributed by atoms with Crippen LogP contribution in [0.2, 0.25) is 0 Å². The molecule has 0 atom stereocenters. The van der Waals surface area contributed by atoms with Gasteiger partial charge in [0.05, 0.1) is 11.9 Å². The van der Waals surface area contributed by atoms with Crippen LogP contribution >= 0.6 is 0 Å². The number of pyridine rings is 2. The first-order valence-corrected chi connectivity index (χ1v) is 5.08. The molecule has 0 bridgehead atoms. The Bertz CT molecular complexity index is 587. The van der Waals surface area contributed by atoms with Crippen molar-refractivity contribution in [3.8, 4) is 0 Å². The van der Waals surface area contributed by atoms with E-state index in [4.69, 9.17) is 0 Å². The maximum atomic E-state index is 11.8. The highest BCUT2D eigenvalue weighted by Crippen LogP contribution is 2.06. The van der Waals surface area contributed by atoms with Crippen LogP contribution in [-0.2, 0) is 0 Å². The molecular weight excluding hydrogens is 218 g/mol. The highest BCUT2D eigenvalue weighted by Gasteiger charge is 2.09. The van der Waals surface area contributed by atoms with Gasteiger partial charge in [0.2, 0.25) is 0 Å². The number of carbonyl (C=O) groups is 1. The van der Waals surface area contributed by atoms with E-state index in [2.05, 4.69) is 15.3 Å². The van der Waals surface area contributed by atoms with E-state index < -0.39 is 5.91 Å². The van der Waals surface area contributed by atoms with Gasteiger partial charge in [-0.2, -0.15) is 0 Å². The summed E-state index contributed by atoms with van der Waals surface area (Å²) < 4.78 is 0. The maximum Gasteiger partial charge on any atom is 0.261 e. The summed E-state index contributed by atoms with van der Waals surface area (Å²) in [5.41, 5.74) is 1.18. The number of aromatic nitrogens is 2. The zero-order valence-corrected chi connectivity index (χ0v) is 9.23. The molecule has 0 radical (unpaired) electrons. The molecule has 0 aliphatic heterocycles. The molecule has 0 aliphatic rings. The Morgan fingerprint density at radius 2 is 2.18 bits per heavy atom. The van der Waals surface area contributed by atoms with Crippen LogP contribution in [0.15, 0.2) is 41.6 Å². The Morgan fingerprint density at radius 1 is 1.35 bits per heavy atom. The number of hydrogen-bond acceptors (Lipinski definition) is 3. The van der Waals surface area contributed by atoms with E-state index in [1.54, 1.807) is 18.3 Å². The van der Waals surface area contributed by atoms with Crippen LogP contribution in [0.5, 0.6) is 0 Å². The molecule has 0 aliphatic carbocycles. The molecule has 2 rings (SSSR count). The van der Waals surface area contributed by atoms with E-state index in [1.807, 2.05) is 6.92 Å². The summed E-state index contributed by atoms with van der Waals surface area (Å²) in [7, 11) is 0. The molecule has 2 aromatic heterocycles. The number of aromatic amines is 1. The lowest BCUT2D eigenvalue weighted by molar-refractivity contribution is 0.102. The predicted octanol–water partition coefficient (Wildman–Crippen LogP) is 1.33. The number of amides is 1. The van der Waals surface area contributed by atoms with Crippen LogP contribution in [0.1, 0.15) is 16.1 Å². The van der Waals surface area contributed by atoms with Gasteiger partial charge in [0.15, 0.2) is 5.43 Å². The minimum absolute atomic E-state index is 0.0769. The van der Waals surface area contributed by atoms with Crippen LogP contribution in [0, 0.1) is 6.92 Å². The van der Waals surface area contributed by atoms with Crippen LogP contribution in [0.4, 0.5) is 5.69 Å². The smallest absolute Gasteiger partial charge is 0.261 e. The fourth-order valence-corrected chi connectivity index (χ4v) is 1.33. The highest BCUT2D eigenvalue weighted by molar-refractivity contribution is 6.03. The molecule has 5 heteroatoms. The predicted molar refractivity (Wildman–Crippen MR) is 64.0 cm³/mol. The summed E-state index contributed by atoms with van der Waals surface area (Å²) in [4.78, 5) is 29.9. The number of carbonyl (C=O) groups excluding carboxylic acids is 1. The van der Waals surface area contributed by atoms with Crippen molar-refractivity contribution in [1.29, 1.82) is 0 Å². The van der Waals surface area contributed by atoms with Gasteiger partial charge in [0.25, 0.3) is 5.91 Å². The molecule has 0 fully saturated rings. The summed E-state index contributed by atoms with van der Waals surface area (Å²) in [6.45, 7) is 1.85. The minimum Gasteiger partial charge on any atom is -0.367 e. The van der Waals surface area contributed by atoms with E-state index in [-0.39, 0.29) is 11.0 Å². The zero-order chi connectivity index (χ0) is 12.3. The number of nitrogens with one attached hydrogen (secondary N) is 2. The Labute approximate surface area is 97.5 Å². The summed E-state index contributed by atoms with van der Waals surface area (Å²) in [5, 5.41) is 2.60. The summed E-state index contributed by atoms with van der Waals surface area (Å²) in [6.07, 6.45) is 4.40. The third-order valence-electron chi connectivity index (χ3n) is 2.24. The van der Waals surface area contributed by atoms with Gasteiger partial charge in [-0.25, -0.2) is 0 Å². The van der Waals surface area contributed by atoms with Crippen LogP contribution in [-0.4, -0.2) is 15.9 Å². The van der Waals surface area contributed by atoms with E-state index in [0.717, 1.165) is 5.69 Å². The van der Waals surface area contributed by atoms with Crippen molar-refractivity contribution in [2.24, 2.45) is 0 Å². The highest BCUT2D eigenvalue weighted by atomic mass is 16.2. The van der Waals surface area contributed by atoms with Gasteiger partial charge in [0.1, 0.15) is 5.56 Å². The van der Waals surface area contributed by atoms with Crippen molar-refractivity contribution < 1.29 is 4.79 Å². The first-order chi connectivity index (χ1) is 8.16. The fraction of sp³-hybridized carbons (Fsp3) is 0.0833. The first-order valence-electron chi connectivity index (χ1n) is 5.08. The van der Waals surface area contributed by atoms with Crippen molar-refractivity contribution in [1.82, 2.24) is 9.97 Å². The molecule has 1 amide bonds. The summed E-state index contributed by atoms with van der Waals surface area (Å²) >= 11 is 0. The van der Waals surface area contributed by atoms with E-state index in [0.29, 0.717) is 5.69 Å². The van der Waals surface area contributed by atoms with Crippen molar-refractivity contribution in [3.63, 3.8) is 0 Å². The standard InChI is InChI=1S/C12H11N3O2/c1-8-2-3-9(6-14-8)15-12(17)10-7-13-5-4-11(10)16/h2-7H,1H3,(H,13,16)(H,15,17). The maximum absolute atomic E-state index is 11.8. The quantitative estimate of drug-likeness (QED) is 0.815. The lowest BCUT2D eigenvalue weighted by Gasteiger charge is -2.04. The van der Waals surface area contributed by atoms with E-state index in [1.165, 1.54) is 18.5 Å². The SMILES string of the molecule is Cc1ccc(NC(=O)c2c[nH]ccc2=O)cn1. The molecule has 0 saturated heterocycles. The Balaban J connectivity index is 2.20. The van der Waals surface area contributed by atoms with Gasteiger partial charge in [-0.3, -0.25) is 14.6 Å². The molecular formula is C12H11N3O2. The van der Waals surface area contributed by atoms with Crippen molar-refractivity contribution >= 4 is 11.6 Å². The lowest BCUT2D eigenvalue weighted by Crippen LogP contribution is -2.20. The number of nitrogens with zero attached hydrogens (tertiary/aromatic N) is 1. The van der Waals surface area contributed by atoms with E-state index >= 15 is 0 Å². The largest absolute Gasteiger partial charge is 0.367 e. The molecule has 2 aromatic rings. The average Bonchev–Trinajstić information content (AvgIpc) is 2.32. The molecule has 0 aromatic carbocycles. The molecule has 17 heavy (non-hydrogen) atoms. The third kappa shape index (κ3) is 2.57. The van der Waals surface area contributed by atoms with Gasteiger partial charge >= 0.3 is 0 Å². The van der Waals surface area contributed by atoms with Crippen LogP contribution in [0.3, 0.4) is 0 Å². The second-order valence-electron chi connectivity index (χ2n) is 3.56. The number of rotatable bonds is 2. The zero-order valence-electron chi connectivity index (χ0n) is 9.23. The van der Waals surface area contributed by atoms with Gasteiger partial charge in [-0.1, -0.05) is 0 Å². The second kappa shape index (κ2) is 4.61. The third-order valence-corrected chi connectivity index (χ3v) is 2.24. The average molecular weight is 229 g/mol. The molecule has 0 unspecified atom stereocenters. The monoisotopic (exact) mass is 229 g/mol. The van der Waals surface area contributed by atoms with Gasteiger partial charge in [0, 0.05) is 24.2 Å². The Morgan fingerprint density at radius 3 is 2.82 bits per heavy atom. The molecule has 2 heterocycles. The normalized spacial score (nSPS) is 9.94. The lowest BCUT2D eigenvalue weighted by atomic mass is 10.2. The molecule has 0 saturated carbocycles. The fourth-order valence-electron chi connectivity index (χ4n) is 1.33. The minimum atomic E-state index is -0.447. The van der Waals surface area contributed by atoms with Crippen LogP contribution < -0.4 is 10.7 Å². The number of hydrogen-bond donors (Lipinski definition) is 2. The van der Waals surface area contributed by atoms with Gasteiger partial charge in [-0.05, 0) is 19.1 Å². The molecule has 5 nitrogen and oxygen atoms in total. The second-order valence-corrected chi connectivity index (χ2v) is 3.56. The number of aryl methyl sites for hydroxylation is 1. The van der Waals surface area contributed by atoms with Crippen molar-refractivity contribution in [2.45, 2.75) is 6.92 Å². The molecule has 0 spiro atoms. The molecule has 86 valence electrons. The summed E-state index contributed by atoms with van der Waals surface area (Å²) in [6, 6.07) is 4.82. The van der Waals surface area contributed by atoms with Gasteiger partial charge < -0.3 is 10.3 Å². The topological polar surface area (TPSA) is 74.8 Å². The first kappa shape index (κ1) is 11.1. The Kier molecular flexibility index (Phi) is 3.00. The van der Waals surface area contributed by atoms with Crippen molar-refractivity contribution in [3.05, 3.63) is 58.3 Å². The van der Waals surface area contributed by atoms with Gasteiger partial charge in [-0.15, -0.1) is 0 Å².